The Hall–Kier alpha value is 0.537. The van der Waals surface area contributed by atoms with Gasteiger partial charge in [-0.25, -0.2) is 0 Å². The van der Waals surface area contributed by atoms with E-state index in [-0.39, 0.29) is 0 Å². The second-order valence-corrected chi connectivity index (χ2v) is 9.98. The normalized spacial score (nSPS) is 13.0. The Morgan fingerprint density at radius 2 is 2.00 bits per heavy atom. The van der Waals surface area contributed by atoms with Gasteiger partial charge in [0.15, 0.2) is 0 Å². The largest absolute Gasteiger partial charge is 0.252 e. The van der Waals surface area contributed by atoms with Gasteiger partial charge in [-0.15, -0.1) is 22.2 Å². The average molecular weight is 169 g/mol. The number of hydrogen-bond acceptors (Lipinski definition) is 0. The highest BCUT2D eigenvalue weighted by Crippen LogP contribution is 2.19. The summed E-state index contributed by atoms with van der Waals surface area (Å²) < 4.78 is 0. The molecule has 0 radical (unpaired) electrons. The van der Waals surface area contributed by atoms with Gasteiger partial charge in [-0.05, 0) is 19.5 Å². The Labute approximate surface area is 60.9 Å². The van der Waals surface area contributed by atoms with Crippen molar-refractivity contribution in [2.45, 2.75) is 19.5 Å². The Morgan fingerprint density at radius 1 is 1.50 bits per heavy atom. The third-order valence-electron chi connectivity index (χ3n) is 0.712. The maximum absolute atomic E-state index is 5.76. The second-order valence-electron chi connectivity index (χ2n) is 1.84. The van der Waals surface area contributed by atoms with Crippen molar-refractivity contribution in [3.63, 3.8) is 0 Å². The zero-order chi connectivity index (χ0) is 6.62. The van der Waals surface area contributed by atoms with Crippen LogP contribution in [0.1, 0.15) is 6.92 Å². The molecule has 0 nitrogen and oxygen atoms in total. The summed E-state index contributed by atoms with van der Waals surface area (Å²) in [4.78, 5) is 0. The van der Waals surface area contributed by atoms with Gasteiger partial charge in [0.2, 0.25) is 0 Å². The van der Waals surface area contributed by atoms with E-state index >= 15 is 0 Å². The smallest absolute Gasteiger partial charge is 0.146 e. The molecule has 0 rings (SSSR count). The van der Waals surface area contributed by atoms with Gasteiger partial charge < -0.3 is 0 Å². The maximum atomic E-state index is 5.76. The molecule has 0 aromatic carbocycles. The van der Waals surface area contributed by atoms with Crippen LogP contribution in [0.25, 0.3) is 0 Å². The first kappa shape index (κ1) is 8.54. The molecule has 0 atom stereocenters. The quantitative estimate of drug-likeness (QED) is 0.338. The van der Waals surface area contributed by atoms with Crippen molar-refractivity contribution in [2.75, 3.05) is 0 Å². The van der Waals surface area contributed by atoms with Crippen LogP contribution in [0.4, 0.5) is 0 Å². The van der Waals surface area contributed by atoms with Gasteiger partial charge in [0.1, 0.15) is 0 Å². The van der Waals surface area contributed by atoms with Crippen molar-refractivity contribution >= 4 is 28.9 Å². The van der Waals surface area contributed by atoms with Crippen LogP contribution in [-0.4, -0.2) is 6.69 Å². The minimum absolute atomic E-state index is 0.854. The molecule has 0 fully saturated rings. The zero-order valence-electron chi connectivity index (χ0n) is 5.12. The van der Waals surface area contributed by atoms with E-state index < -0.39 is 6.69 Å². The van der Waals surface area contributed by atoms with E-state index in [1.54, 1.807) is 0 Å². The molecule has 0 unspecified atom stereocenters. The van der Waals surface area contributed by atoms with E-state index in [1.165, 1.54) is 0 Å². The summed E-state index contributed by atoms with van der Waals surface area (Å²) in [5.74, 6) is 0. The zero-order valence-corrected chi connectivity index (χ0v) is 7.63. The molecule has 0 heterocycles. The predicted octanol–water partition coefficient (Wildman–Crippen LogP) is 3.11. The van der Waals surface area contributed by atoms with E-state index in [2.05, 4.69) is 0 Å². The SMILES string of the molecule is CC=CC[Si](C)(Cl)Cl. The predicted molar refractivity (Wildman–Crippen MR) is 42.9 cm³/mol. The lowest BCUT2D eigenvalue weighted by atomic mass is 10.6. The summed E-state index contributed by atoms with van der Waals surface area (Å²) >= 11 is 11.5. The topological polar surface area (TPSA) is 0 Å². The first-order chi connectivity index (χ1) is 3.56. The summed E-state index contributed by atoms with van der Waals surface area (Å²) in [5, 5.41) is 0. The molecule has 0 saturated heterocycles. The number of rotatable bonds is 2. The standard InChI is InChI=1S/C5H10Cl2Si/c1-3-4-5-8(2,6)7/h3-4H,5H2,1-2H3. The summed E-state index contributed by atoms with van der Waals surface area (Å²) in [5.41, 5.74) is 0. The molecule has 0 aliphatic carbocycles. The first-order valence-corrected chi connectivity index (χ1v) is 7.28. The Balaban J connectivity index is 3.39. The van der Waals surface area contributed by atoms with Crippen molar-refractivity contribution in [1.82, 2.24) is 0 Å². The average Bonchev–Trinajstić information content (AvgIpc) is 1.59. The van der Waals surface area contributed by atoms with Crippen LogP contribution in [0, 0.1) is 0 Å². The minimum Gasteiger partial charge on any atom is -0.146 e. The van der Waals surface area contributed by atoms with Crippen LogP contribution in [0.15, 0.2) is 12.2 Å². The van der Waals surface area contributed by atoms with Gasteiger partial charge in [-0.3, -0.25) is 0 Å². The lowest BCUT2D eigenvalue weighted by Crippen LogP contribution is -2.09. The Bertz CT molecular complexity index is 82.9. The summed E-state index contributed by atoms with van der Waals surface area (Å²) in [6.07, 6.45) is 3.97. The third-order valence-corrected chi connectivity index (χ3v) is 2.59. The fraction of sp³-hybridized carbons (Fsp3) is 0.600. The monoisotopic (exact) mass is 168 g/mol. The molecule has 48 valence electrons. The van der Waals surface area contributed by atoms with E-state index in [1.807, 2.05) is 25.6 Å². The van der Waals surface area contributed by atoms with Gasteiger partial charge in [0, 0.05) is 0 Å². The van der Waals surface area contributed by atoms with Crippen molar-refractivity contribution in [2.24, 2.45) is 0 Å². The fourth-order valence-electron chi connectivity index (χ4n) is 0.325. The molecule has 8 heavy (non-hydrogen) atoms. The molecule has 0 aromatic heterocycles. The number of allylic oxidation sites excluding steroid dienone is 2. The van der Waals surface area contributed by atoms with Crippen molar-refractivity contribution in [1.29, 1.82) is 0 Å². The molecular weight excluding hydrogens is 159 g/mol. The molecule has 0 N–H and O–H groups in total. The molecule has 0 saturated carbocycles. The van der Waals surface area contributed by atoms with Crippen LogP contribution >= 0.6 is 22.2 Å². The highest BCUT2D eigenvalue weighted by Gasteiger charge is 2.17. The summed E-state index contributed by atoms with van der Waals surface area (Å²) in [7, 11) is 0. The van der Waals surface area contributed by atoms with Gasteiger partial charge in [0.25, 0.3) is 6.69 Å². The summed E-state index contributed by atoms with van der Waals surface area (Å²) in [6, 6.07) is 0.854. The van der Waals surface area contributed by atoms with Crippen LogP contribution < -0.4 is 0 Å². The van der Waals surface area contributed by atoms with Gasteiger partial charge in [0.05, 0.1) is 0 Å². The molecular formula is C5H10Cl2Si. The molecule has 3 heteroatoms. The van der Waals surface area contributed by atoms with E-state index in [0.717, 1.165) is 6.04 Å². The maximum Gasteiger partial charge on any atom is 0.252 e. The lowest BCUT2D eigenvalue weighted by Gasteiger charge is -2.03. The van der Waals surface area contributed by atoms with Crippen LogP contribution in [-0.2, 0) is 0 Å². The van der Waals surface area contributed by atoms with Gasteiger partial charge in [-0.2, -0.15) is 0 Å². The number of hydrogen-bond donors (Lipinski definition) is 0. The summed E-state index contributed by atoms with van der Waals surface area (Å²) in [6.45, 7) is 2.06. The molecule has 0 amide bonds. The molecule has 0 spiro atoms. The molecule has 0 bridgehead atoms. The minimum atomic E-state index is -1.82. The van der Waals surface area contributed by atoms with Crippen molar-refractivity contribution < 1.29 is 0 Å². The highest BCUT2D eigenvalue weighted by molar-refractivity contribution is 7.45. The third kappa shape index (κ3) is 6.54. The Kier molecular flexibility index (Phi) is 3.78. The number of halogens is 2. The Morgan fingerprint density at radius 3 is 2.12 bits per heavy atom. The fourth-order valence-corrected chi connectivity index (χ4v) is 1.51. The van der Waals surface area contributed by atoms with E-state index in [0.29, 0.717) is 0 Å². The van der Waals surface area contributed by atoms with E-state index in [9.17, 15) is 0 Å². The lowest BCUT2D eigenvalue weighted by molar-refractivity contribution is 1.59. The molecule has 0 aliphatic heterocycles. The van der Waals surface area contributed by atoms with Gasteiger partial charge in [-0.1, -0.05) is 12.2 Å². The second kappa shape index (κ2) is 3.54. The van der Waals surface area contributed by atoms with E-state index in [4.69, 9.17) is 22.2 Å². The molecule has 0 aromatic rings. The van der Waals surface area contributed by atoms with Crippen LogP contribution in [0.3, 0.4) is 0 Å². The highest BCUT2D eigenvalue weighted by atomic mass is 35.7. The van der Waals surface area contributed by atoms with Crippen molar-refractivity contribution in [3.05, 3.63) is 12.2 Å². The van der Waals surface area contributed by atoms with Crippen LogP contribution in [0.2, 0.25) is 12.6 Å². The first-order valence-electron chi connectivity index (χ1n) is 2.55. The van der Waals surface area contributed by atoms with Gasteiger partial charge >= 0.3 is 0 Å². The van der Waals surface area contributed by atoms with Crippen LogP contribution in [0.5, 0.6) is 0 Å². The molecule has 0 aliphatic rings. The van der Waals surface area contributed by atoms with Crippen molar-refractivity contribution in [3.8, 4) is 0 Å².